The minimum absolute atomic E-state index is 0.0342. The van der Waals surface area contributed by atoms with Crippen molar-refractivity contribution in [2.45, 2.75) is 24.8 Å². The first-order valence-electron chi connectivity index (χ1n) is 5.81. The highest BCUT2D eigenvalue weighted by molar-refractivity contribution is 5.35. The molecule has 17 heavy (non-hydrogen) atoms. The third kappa shape index (κ3) is 2.03. The van der Waals surface area contributed by atoms with Gasteiger partial charge in [0.15, 0.2) is 0 Å². The van der Waals surface area contributed by atoms with E-state index >= 15 is 0 Å². The molecule has 1 saturated carbocycles. The molecule has 0 spiro atoms. The Kier molecular flexibility index (Phi) is 2.19. The van der Waals surface area contributed by atoms with Crippen LogP contribution in [0.3, 0.4) is 0 Å². The quantitative estimate of drug-likeness (QED) is 0.830. The largest absolute Gasteiger partial charge is 0.330 e. The summed E-state index contributed by atoms with van der Waals surface area (Å²) in [5.41, 5.74) is 8.10. The third-order valence-corrected chi connectivity index (χ3v) is 3.31. The number of H-pyrrole nitrogens is 1. The van der Waals surface area contributed by atoms with Gasteiger partial charge in [0.05, 0.1) is 5.69 Å². The van der Waals surface area contributed by atoms with Crippen LogP contribution in [0.25, 0.3) is 5.69 Å². The van der Waals surface area contributed by atoms with E-state index in [0.717, 1.165) is 24.9 Å². The van der Waals surface area contributed by atoms with Crippen molar-refractivity contribution in [3.8, 4) is 5.69 Å². The van der Waals surface area contributed by atoms with E-state index in [-0.39, 0.29) is 11.2 Å². The number of hydrogen-bond donors (Lipinski definition) is 2. The van der Waals surface area contributed by atoms with Crippen molar-refractivity contribution in [2.24, 2.45) is 5.73 Å². The Morgan fingerprint density at radius 1 is 1.29 bits per heavy atom. The van der Waals surface area contributed by atoms with Crippen LogP contribution in [0.4, 0.5) is 0 Å². The molecule has 1 aliphatic rings. The molecule has 1 heterocycles. The van der Waals surface area contributed by atoms with Gasteiger partial charge < -0.3 is 10.7 Å². The molecule has 2 aromatic rings. The molecule has 4 nitrogen and oxygen atoms in total. The maximum atomic E-state index is 11.4. The van der Waals surface area contributed by atoms with Crippen molar-refractivity contribution in [1.29, 1.82) is 0 Å². The highest BCUT2D eigenvalue weighted by Gasteiger charge is 2.37. The number of nitrogens with zero attached hydrogens (tertiary/aromatic N) is 1. The third-order valence-electron chi connectivity index (χ3n) is 3.31. The standard InChI is InChI=1S/C13H15N3O/c14-13(5-6-13)9-10-1-3-11(4-2-10)16-8-7-15-12(16)17/h1-4,7-8H,5-6,9,14H2,(H,15,17). The lowest BCUT2D eigenvalue weighted by molar-refractivity contribution is 0.672. The maximum Gasteiger partial charge on any atom is 0.330 e. The molecule has 0 amide bonds. The van der Waals surface area contributed by atoms with Crippen LogP contribution >= 0.6 is 0 Å². The molecule has 0 bridgehead atoms. The number of rotatable bonds is 3. The van der Waals surface area contributed by atoms with E-state index in [9.17, 15) is 4.79 Å². The van der Waals surface area contributed by atoms with Gasteiger partial charge in [-0.1, -0.05) is 12.1 Å². The minimum Gasteiger partial charge on any atom is -0.325 e. The van der Waals surface area contributed by atoms with E-state index in [4.69, 9.17) is 5.73 Å². The maximum absolute atomic E-state index is 11.4. The molecular weight excluding hydrogens is 214 g/mol. The average Bonchev–Trinajstić information content (AvgIpc) is 2.87. The molecule has 1 aromatic carbocycles. The molecule has 0 radical (unpaired) electrons. The highest BCUT2D eigenvalue weighted by atomic mass is 16.1. The van der Waals surface area contributed by atoms with Gasteiger partial charge in [0.2, 0.25) is 0 Å². The summed E-state index contributed by atoms with van der Waals surface area (Å²) in [6.45, 7) is 0. The Hall–Kier alpha value is -1.81. The number of hydrogen-bond acceptors (Lipinski definition) is 2. The molecule has 0 unspecified atom stereocenters. The highest BCUT2D eigenvalue weighted by Crippen LogP contribution is 2.35. The summed E-state index contributed by atoms with van der Waals surface area (Å²) in [7, 11) is 0. The Labute approximate surface area is 99.1 Å². The summed E-state index contributed by atoms with van der Waals surface area (Å²) in [6, 6.07) is 8.00. The first-order chi connectivity index (χ1) is 8.16. The van der Waals surface area contributed by atoms with E-state index in [1.807, 2.05) is 24.3 Å². The van der Waals surface area contributed by atoms with Gasteiger partial charge in [-0.25, -0.2) is 4.79 Å². The Bertz CT molecular complexity index is 575. The normalized spacial score (nSPS) is 17.0. The van der Waals surface area contributed by atoms with Crippen molar-refractivity contribution < 1.29 is 0 Å². The van der Waals surface area contributed by atoms with E-state index in [1.165, 1.54) is 5.56 Å². The van der Waals surface area contributed by atoms with Gasteiger partial charge in [-0.05, 0) is 37.0 Å². The smallest absolute Gasteiger partial charge is 0.325 e. The molecule has 1 aromatic heterocycles. The molecule has 1 fully saturated rings. The summed E-state index contributed by atoms with van der Waals surface area (Å²) in [5, 5.41) is 0. The second-order valence-electron chi connectivity index (χ2n) is 4.84. The van der Waals surface area contributed by atoms with Gasteiger partial charge in [0.1, 0.15) is 0 Å². The number of nitrogens with one attached hydrogen (secondary N) is 1. The summed E-state index contributed by atoms with van der Waals surface area (Å²) in [4.78, 5) is 14.0. The van der Waals surface area contributed by atoms with Crippen molar-refractivity contribution in [1.82, 2.24) is 9.55 Å². The number of aromatic amines is 1. The van der Waals surface area contributed by atoms with Gasteiger partial charge >= 0.3 is 5.69 Å². The van der Waals surface area contributed by atoms with E-state index in [1.54, 1.807) is 17.0 Å². The van der Waals surface area contributed by atoms with Gasteiger partial charge in [0.25, 0.3) is 0 Å². The molecule has 4 heteroatoms. The number of imidazole rings is 1. The fraction of sp³-hybridized carbons (Fsp3) is 0.308. The minimum atomic E-state index is -0.116. The first-order valence-corrected chi connectivity index (χ1v) is 5.81. The predicted octanol–water partition coefficient (Wildman–Crippen LogP) is 1.20. The Morgan fingerprint density at radius 2 is 2.00 bits per heavy atom. The first kappa shape index (κ1) is 10.4. The summed E-state index contributed by atoms with van der Waals surface area (Å²) < 4.78 is 1.58. The lowest BCUT2D eigenvalue weighted by Crippen LogP contribution is -2.24. The molecule has 0 saturated heterocycles. The molecule has 3 rings (SSSR count). The fourth-order valence-electron chi connectivity index (χ4n) is 2.04. The van der Waals surface area contributed by atoms with Crippen molar-refractivity contribution in [2.75, 3.05) is 0 Å². The molecule has 0 aliphatic heterocycles. The number of nitrogens with two attached hydrogens (primary N) is 1. The Balaban J connectivity index is 1.85. The summed E-state index contributed by atoms with van der Waals surface area (Å²) in [5.74, 6) is 0. The molecule has 1 aliphatic carbocycles. The van der Waals surface area contributed by atoms with Gasteiger partial charge in [-0.2, -0.15) is 0 Å². The van der Waals surface area contributed by atoms with E-state index in [0.29, 0.717) is 0 Å². The average molecular weight is 229 g/mol. The number of aromatic nitrogens is 2. The zero-order valence-electron chi connectivity index (χ0n) is 9.52. The fourth-order valence-corrected chi connectivity index (χ4v) is 2.04. The van der Waals surface area contributed by atoms with E-state index < -0.39 is 0 Å². The number of benzene rings is 1. The molecule has 3 N–H and O–H groups in total. The van der Waals surface area contributed by atoms with Crippen molar-refractivity contribution >= 4 is 0 Å². The topological polar surface area (TPSA) is 63.8 Å². The molecule has 0 atom stereocenters. The SMILES string of the molecule is NC1(Cc2ccc(-n3cc[nH]c3=O)cc2)CC1. The zero-order valence-corrected chi connectivity index (χ0v) is 9.52. The monoisotopic (exact) mass is 229 g/mol. The second-order valence-corrected chi connectivity index (χ2v) is 4.84. The predicted molar refractivity (Wildman–Crippen MR) is 66.2 cm³/mol. The van der Waals surface area contributed by atoms with Crippen molar-refractivity contribution in [3.63, 3.8) is 0 Å². The van der Waals surface area contributed by atoms with Crippen LogP contribution in [-0.2, 0) is 6.42 Å². The lowest BCUT2D eigenvalue weighted by atomic mass is 10.0. The second kappa shape index (κ2) is 3.60. The van der Waals surface area contributed by atoms with Crippen LogP contribution in [0.15, 0.2) is 41.5 Å². The van der Waals surface area contributed by atoms with Crippen LogP contribution in [-0.4, -0.2) is 15.1 Å². The van der Waals surface area contributed by atoms with Crippen LogP contribution in [0, 0.1) is 0 Å². The van der Waals surface area contributed by atoms with Crippen LogP contribution in [0.5, 0.6) is 0 Å². The van der Waals surface area contributed by atoms with Crippen LogP contribution in [0.2, 0.25) is 0 Å². The summed E-state index contributed by atoms with van der Waals surface area (Å²) >= 11 is 0. The van der Waals surface area contributed by atoms with Crippen LogP contribution in [0.1, 0.15) is 18.4 Å². The van der Waals surface area contributed by atoms with Crippen molar-refractivity contribution in [3.05, 3.63) is 52.7 Å². The van der Waals surface area contributed by atoms with Gasteiger partial charge in [0, 0.05) is 17.9 Å². The summed E-state index contributed by atoms with van der Waals surface area (Å²) in [6.07, 6.45) is 6.52. The van der Waals surface area contributed by atoms with Crippen LogP contribution < -0.4 is 11.4 Å². The van der Waals surface area contributed by atoms with Gasteiger partial charge in [-0.15, -0.1) is 0 Å². The molecule has 88 valence electrons. The van der Waals surface area contributed by atoms with Gasteiger partial charge in [-0.3, -0.25) is 4.57 Å². The molecular formula is C13H15N3O. The zero-order chi connectivity index (χ0) is 11.9. The Morgan fingerprint density at radius 3 is 2.53 bits per heavy atom. The van der Waals surface area contributed by atoms with E-state index in [2.05, 4.69) is 4.98 Å². The lowest BCUT2D eigenvalue weighted by Gasteiger charge is -2.09.